The molecule has 1 aromatic carbocycles. The van der Waals surface area contributed by atoms with Crippen molar-refractivity contribution in [2.75, 3.05) is 24.4 Å². The zero-order chi connectivity index (χ0) is 22.4. The maximum atomic E-state index is 12.7. The fourth-order valence-corrected chi connectivity index (χ4v) is 2.37. The van der Waals surface area contributed by atoms with E-state index in [9.17, 15) is 29.3 Å². The van der Waals surface area contributed by atoms with Gasteiger partial charge in [0.1, 0.15) is 16.9 Å². The predicted molar refractivity (Wildman–Crippen MR) is 104 cm³/mol. The van der Waals surface area contributed by atoms with Crippen LogP contribution in [0.1, 0.15) is 44.9 Å². The van der Waals surface area contributed by atoms with Crippen LogP contribution >= 0.6 is 0 Å². The first kappa shape index (κ1) is 22.1. The number of carbonyl (C=O) groups excluding carboxylic acids is 3. The van der Waals surface area contributed by atoms with E-state index in [0.717, 1.165) is 30.3 Å². The van der Waals surface area contributed by atoms with Gasteiger partial charge in [0.05, 0.1) is 18.1 Å². The topological polar surface area (TPSA) is 173 Å². The molecule has 1 amide bonds. The highest BCUT2D eigenvalue weighted by atomic mass is 16.6. The summed E-state index contributed by atoms with van der Waals surface area (Å²) in [5, 5.41) is 10.7. The summed E-state index contributed by atoms with van der Waals surface area (Å²) < 4.78 is 10.2. The number of pyridine rings is 1. The monoisotopic (exact) mass is 418 g/mol. The molecule has 3 N–H and O–H groups in total. The number of amides is 1. The number of non-ortho nitro benzene ring substituents is 1. The van der Waals surface area contributed by atoms with E-state index in [4.69, 9.17) is 15.2 Å². The Labute approximate surface area is 169 Å². The number of nitrogen functional groups attached to an aromatic ring is 1. The number of hydrogen-bond donors (Lipinski definition) is 2. The molecule has 158 valence electrons. The summed E-state index contributed by atoms with van der Waals surface area (Å²) in [5.41, 5.74) is 5.85. The van der Waals surface area contributed by atoms with Crippen molar-refractivity contribution in [1.82, 2.24) is 4.68 Å². The molecule has 0 saturated carbocycles. The summed E-state index contributed by atoms with van der Waals surface area (Å²) >= 11 is 0. The molecular weight excluding hydrogens is 400 g/mol. The third-order valence-electron chi connectivity index (χ3n) is 3.78. The predicted octanol–water partition coefficient (Wildman–Crippen LogP) is 1.08. The molecule has 2 rings (SSSR count). The summed E-state index contributed by atoms with van der Waals surface area (Å²) in [4.78, 5) is 59.5. The van der Waals surface area contributed by atoms with Crippen molar-refractivity contribution >= 4 is 29.4 Å². The normalized spacial score (nSPS) is 10.2. The minimum atomic E-state index is -1.03. The number of rotatable bonds is 7. The number of nitro benzene ring substituents is 1. The van der Waals surface area contributed by atoms with E-state index in [1.54, 1.807) is 6.92 Å². The van der Waals surface area contributed by atoms with E-state index in [2.05, 4.69) is 5.43 Å². The molecule has 0 radical (unpaired) electrons. The van der Waals surface area contributed by atoms with Crippen LogP contribution in [0.25, 0.3) is 0 Å². The van der Waals surface area contributed by atoms with Gasteiger partial charge in [-0.25, -0.2) is 9.59 Å². The third kappa shape index (κ3) is 4.60. The van der Waals surface area contributed by atoms with E-state index in [0.29, 0.717) is 4.68 Å². The lowest BCUT2D eigenvalue weighted by atomic mass is 10.1. The van der Waals surface area contributed by atoms with Crippen LogP contribution in [0.4, 0.5) is 11.5 Å². The Morgan fingerprint density at radius 1 is 1.07 bits per heavy atom. The van der Waals surface area contributed by atoms with Crippen LogP contribution in [-0.4, -0.2) is 40.7 Å². The molecule has 0 fully saturated rings. The quantitative estimate of drug-likeness (QED) is 0.379. The molecule has 0 aliphatic rings. The summed E-state index contributed by atoms with van der Waals surface area (Å²) in [6.07, 6.45) is 0. The number of aromatic nitrogens is 1. The molecule has 12 heteroatoms. The van der Waals surface area contributed by atoms with Crippen molar-refractivity contribution in [1.29, 1.82) is 0 Å². The second-order valence-corrected chi connectivity index (χ2v) is 5.68. The number of benzene rings is 1. The first-order valence-electron chi connectivity index (χ1n) is 8.66. The minimum Gasteiger partial charge on any atom is -0.462 e. The van der Waals surface area contributed by atoms with Crippen molar-refractivity contribution in [3.8, 4) is 0 Å². The van der Waals surface area contributed by atoms with E-state index in [1.165, 1.54) is 6.92 Å². The van der Waals surface area contributed by atoms with Gasteiger partial charge < -0.3 is 15.2 Å². The molecule has 12 nitrogen and oxygen atoms in total. The molecule has 0 spiro atoms. The van der Waals surface area contributed by atoms with Crippen LogP contribution in [0.15, 0.2) is 35.1 Å². The third-order valence-corrected chi connectivity index (χ3v) is 3.78. The first-order valence-corrected chi connectivity index (χ1v) is 8.66. The molecule has 0 aliphatic carbocycles. The van der Waals surface area contributed by atoms with Crippen LogP contribution in [0, 0.1) is 10.1 Å². The largest absolute Gasteiger partial charge is 0.462 e. The molecule has 2 aromatic rings. The molecule has 30 heavy (non-hydrogen) atoms. The van der Waals surface area contributed by atoms with Crippen molar-refractivity contribution in [2.24, 2.45) is 0 Å². The summed E-state index contributed by atoms with van der Waals surface area (Å²) in [6, 6.07) is 5.45. The molecule has 0 aliphatic heterocycles. The van der Waals surface area contributed by atoms with E-state index < -0.39 is 39.7 Å². The van der Waals surface area contributed by atoms with Gasteiger partial charge in [-0.3, -0.25) is 25.1 Å². The van der Waals surface area contributed by atoms with Crippen LogP contribution < -0.4 is 16.7 Å². The van der Waals surface area contributed by atoms with Crippen molar-refractivity contribution in [3.63, 3.8) is 0 Å². The van der Waals surface area contributed by atoms with Crippen LogP contribution in [0.3, 0.4) is 0 Å². The number of carbonyl (C=O) groups is 3. The minimum absolute atomic E-state index is 0.00128. The lowest BCUT2D eigenvalue weighted by Crippen LogP contribution is -2.39. The van der Waals surface area contributed by atoms with Gasteiger partial charge in [-0.1, -0.05) is 0 Å². The van der Waals surface area contributed by atoms with Crippen molar-refractivity contribution in [2.45, 2.75) is 13.8 Å². The molecule has 1 aromatic heterocycles. The Morgan fingerprint density at radius 2 is 1.60 bits per heavy atom. The number of esters is 2. The smallest absolute Gasteiger partial charge is 0.343 e. The molecular formula is C18H18N4O8. The fourth-order valence-electron chi connectivity index (χ4n) is 2.37. The maximum absolute atomic E-state index is 12.7. The first-order chi connectivity index (χ1) is 14.2. The molecule has 0 unspecified atom stereocenters. The number of nitrogens with one attached hydrogen (secondary N) is 1. The second kappa shape index (κ2) is 9.32. The number of nitro groups is 1. The van der Waals surface area contributed by atoms with E-state index in [-0.39, 0.29) is 30.0 Å². The highest BCUT2D eigenvalue weighted by molar-refractivity contribution is 6.02. The molecule has 1 heterocycles. The van der Waals surface area contributed by atoms with Crippen molar-refractivity contribution in [3.05, 3.63) is 67.5 Å². The number of anilines is 1. The summed E-state index contributed by atoms with van der Waals surface area (Å²) in [6.45, 7) is 3.04. The van der Waals surface area contributed by atoms with Gasteiger partial charge in [-0.05, 0) is 32.0 Å². The SMILES string of the molecule is CCOC(=O)c1cc(C(=O)OCC)c(=O)n(NC(=O)c2ccc([N+](=O)[O-])cc2)c1N. The Hall–Kier alpha value is -4.22. The average Bonchev–Trinajstić information content (AvgIpc) is 2.71. The molecule has 0 atom stereocenters. The highest BCUT2D eigenvalue weighted by Crippen LogP contribution is 2.15. The Morgan fingerprint density at radius 3 is 2.10 bits per heavy atom. The number of ether oxygens (including phenoxy) is 2. The Kier molecular flexibility index (Phi) is 6.86. The van der Waals surface area contributed by atoms with Gasteiger partial charge in [-0.15, -0.1) is 0 Å². The number of nitrogens with zero attached hydrogens (tertiary/aromatic N) is 2. The number of hydrogen-bond acceptors (Lipinski definition) is 9. The Balaban J connectivity index is 2.52. The lowest BCUT2D eigenvalue weighted by Gasteiger charge is -2.15. The Bertz CT molecular complexity index is 1060. The maximum Gasteiger partial charge on any atom is 0.343 e. The zero-order valence-corrected chi connectivity index (χ0v) is 16.0. The fraction of sp³-hybridized carbons (Fsp3) is 0.222. The van der Waals surface area contributed by atoms with Gasteiger partial charge in [0, 0.05) is 17.7 Å². The van der Waals surface area contributed by atoms with Gasteiger partial charge in [0.2, 0.25) is 0 Å². The standard InChI is InChI=1S/C18H18N4O8/c1-3-29-17(25)12-9-13(18(26)30-4-2)16(24)21(14(12)19)20-15(23)10-5-7-11(8-6-10)22(27)28/h5-9H,3-4,19H2,1-2H3,(H,20,23). The van der Waals surface area contributed by atoms with E-state index >= 15 is 0 Å². The van der Waals surface area contributed by atoms with Gasteiger partial charge in [0.15, 0.2) is 0 Å². The summed E-state index contributed by atoms with van der Waals surface area (Å²) in [5.74, 6) is -3.28. The van der Waals surface area contributed by atoms with Gasteiger partial charge in [0.25, 0.3) is 17.2 Å². The summed E-state index contributed by atoms with van der Waals surface area (Å²) in [7, 11) is 0. The second-order valence-electron chi connectivity index (χ2n) is 5.68. The van der Waals surface area contributed by atoms with Crippen LogP contribution in [-0.2, 0) is 9.47 Å². The van der Waals surface area contributed by atoms with Crippen LogP contribution in [0.2, 0.25) is 0 Å². The highest BCUT2D eigenvalue weighted by Gasteiger charge is 2.24. The van der Waals surface area contributed by atoms with Crippen molar-refractivity contribution < 1.29 is 28.8 Å². The number of nitrogens with two attached hydrogens (primary N) is 1. The average molecular weight is 418 g/mol. The lowest BCUT2D eigenvalue weighted by molar-refractivity contribution is -0.384. The van der Waals surface area contributed by atoms with Crippen LogP contribution in [0.5, 0.6) is 0 Å². The molecule has 0 saturated heterocycles. The van der Waals surface area contributed by atoms with E-state index in [1.807, 2.05) is 0 Å². The zero-order valence-electron chi connectivity index (χ0n) is 16.0. The molecule has 0 bridgehead atoms. The van der Waals surface area contributed by atoms with Gasteiger partial charge in [-0.2, -0.15) is 4.68 Å². The van der Waals surface area contributed by atoms with Gasteiger partial charge >= 0.3 is 11.9 Å².